The maximum atomic E-state index is 12.2. The van der Waals surface area contributed by atoms with E-state index in [9.17, 15) is 18.0 Å². The van der Waals surface area contributed by atoms with Crippen LogP contribution in [0.4, 0.5) is 18.9 Å². The van der Waals surface area contributed by atoms with Gasteiger partial charge in [0.25, 0.3) is 5.56 Å². The molecule has 1 heterocycles. The molecular formula is C11H11BrF3N3O. The Morgan fingerprint density at radius 1 is 1.42 bits per heavy atom. The van der Waals surface area contributed by atoms with Gasteiger partial charge in [-0.3, -0.25) is 4.79 Å². The molecule has 19 heavy (non-hydrogen) atoms. The van der Waals surface area contributed by atoms with Crippen molar-refractivity contribution >= 4 is 21.6 Å². The van der Waals surface area contributed by atoms with Crippen molar-refractivity contribution in [1.29, 1.82) is 0 Å². The van der Waals surface area contributed by atoms with Crippen LogP contribution in [0, 0.1) is 0 Å². The quantitative estimate of drug-likeness (QED) is 0.862. The maximum absolute atomic E-state index is 12.2. The van der Waals surface area contributed by atoms with Gasteiger partial charge in [-0.1, -0.05) is 12.2 Å². The molecule has 0 amide bonds. The molecule has 0 atom stereocenters. The summed E-state index contributed by atoms with van der Waals surface area (Å²) in [6, 6.07) is 0.149. The predicted octanol–water partition coefficient (Wildman–Crippen LogP) is 2.70. The molecule has 0 aliphatic heterocycles. The van der Waals surface area contributed by atoms with Crippen LogP contribution < -0.4 is 10.9 Å². The van der Waals surface area contributed by atoms with E-state index in [0.717, 1.165) is 12.8 Å². The third-order valence-electron chi connectivity index (χ3n) is 2.68. The number of halogens is 4. The number of anilines is 1. The molecule has 104 valence electrons. The molecule has 0 saturated heterocycles. The van der Waals surface area contributed by atoms with E-state index >= 15 is 0 Å². The molecule has 1 aromatic rings. The van der Waals surface area contributed by atoms with E-state index in [0.29, 0.717) is 10.4 Å². The van der Waals surface area contributed by atoms with Crippen molar-refractivity contribution in [3.05, 3.63) is 33.2 Å². The lowest BCUT2D eigenvalue weighted by Gasteiger charge is -2.15. The molecule has 1 N–H and O–H groups in total. The van der Waals surface area contributed by atoms with Crippen molar-refractivity contribution < 1.29 is 13.2 Å². The zero-order chi connectivity index (χ0) is 14.0. The SMILES string of the molecule is O=c1c(Br)c(NC2CC=CC2)cnn1CC(F)(F)F. The predicted molar refractivity (Wildman–Crippen MR) is 68.0 cm³/mol. The Morgan fingerprint density at radius 2 is 2.05 bits per heavy atom. The number of alkyl halides is 3. The standard InChI is InChI=1S/C11H11BrF3N3O/c12-9-8(17-7-3-1-2-4-7)5-16-18(10(9)19)6-11(13,14)15/h1-2,5,7,17H,3-4,6H2. The summed E-state index contributed by atoms with van der Waals surface area (Å²) in [5.74, 6) is 0. The number of nitrogens with zero attached hydrogens (tertiary/aromatic N) is 2. The van der Waals surface area contributed by atoms with E-state index in [2.05, 4.69) is 26.3 Å². The van der Waals surface area contributed by atoms with E-state index in [1.54, 1.807) is 0 Å². The molecule has 0 fully saturated rings. The van der Waals surface area contributed by atoms with Gasteiger partial charge >= 0.3 is 6.18 Å². The van der Waals surface area contributed by atoms with Crippen molar-refractivity contribution in [3.63, 3.8) is 0 Å². The number of aromatic nitrogens is 2. The van der Waals surface area contributed by atoms with Gasteiger partial charge in [-0.05, 0) is 28.8 Å². The topological polar surface area (TPSA) is 46.9 Å². The Kier molecular flexibility index (Phi) is 3.98. The van der Waals surface area contributed by atoms with Crippen LogP contribution in [0.2, 0.25) is 0 Å². The minimum absolute atomic E-state index is 0.0682. The highest BCUT2D eigenvalue weighted by molar-refractivity contribution is 9.10. The summed E-state index contributed by atoms with van der Waals surface area (Å²) in [7, 11) is 0. The Morgan fingerprint density at radius 3 is 2.63 bits per heavy atom. The lowest BCUT2D eigenvalue weighted by atomic mass is 10.2. The van der Waals surface area contributed by atoms with E-state index in [-0.39, 0.29) is 10.5 Å². The Bertz CT molecular complexity index is 545. The average molecular weight is 338 g/mol. The van der Waals surface area contributed by atoms with Crippen molar-refractivity contribution in [2.75, 3.05) is 5.32 Å². The molecule has 0 spiro atoms. The van der Waals surface area contributed by atoms with Crippen LogP contribution in [-0.2, 0) is 6.54 Å². The van der Waals surface area contributed by atoms with Gasteiger partial charge in [-0.25, -0.2) is 4.68 Å². The zero-order valence-electron chi connectivity index (χ0n) is 9.75. The summed E-state index contributed by atoms with van der Waals surface area (Å²) in [5.41, 5.74) is -0.384. The van der Waals surface area contributed by atoms with Crippen molar-refractivity contribution in [2.45, 2.75) is 31.6 Å². The van der Waals surface area contributed by atoms with Crippen molar-refractivity contribution in [2.24, 2.45) is 0 Å². The largest absolute Gasteiger partial charge is 0.408 e. The zero-order valence-corrected chi connectivity index (χ0v) is 11.3. The van der Waals surface area contributed by atoms with Gasteiger partial charge in [0.15, 0.2) is 0 Å². The molecule has 0 unspecified atom stereocenters. The van der Waals surface area contributed by atoms with Gasteiger partial charge in [0.1, 0.15) is 11.0 Å². The fraction of sp³-hybridized carbons (Fsp3) is 0.455. The smallest absolute Gasteiger partial charge is 0.379 e. The third kappa shape index (κ3) is 3.59. The fourth-order valence-electron chi connectivity index (χ4n) is 1.80. The van der Waals surface area contributed by atoms with Gasteiger partial charge in [0.2, 0.25) is 0 Å². The van der Waals surface area contributed by atoms with E-state index in [1.807, 2.05) is 12.2 Å². The van der Waals surface area contributed by atoms with Crippen LogP contribution in [0.1, 0.15) is 12.8 Å². The van der Waals surface area contributed by atoms with Gasteiger partial charge in [-0.15, -0.1) is 0 Å². The third-order valence-corrected chi connectivity index (χ3v) is 3.45. The molecule has 0 saturated carbocycles. The first-order valence-electron chi connectivity index (χ1n) is 5.61. The lowest BCUT2D eigenvalue weighted by molar-refractivity contribution is -0.143. The van der Waals surface area contributed by atoms with E-state index in [1.165, 1.54) is 6.20 Å². The summed E-state index contributed by atoms with van der Waals surface area (Å²) in [5, 5.41) is 6.61. The number of rotatable bonds is 3. The Balaban J connectivity index is 2.19. The number of nitrogens with one attached hydrogen (secondary N) is 1. The molecule has 0 bridgehead atoms. The molecule has 0 aromatic carbocycles. The van der Waals surface area contributed by atoms with Gasteiger partial charge in [-0.2, -0.15) is 18.3 Å². The highest BCUT2D eigenvalue weighted by atomic mass is 79.9. The van der Waals surface area contributed by atoms with Gasteiger partial charge < -0.3 is 5.32 Å². The van der Waals surface area contributed by atoms with Crippen LogP contribution in [0.25, 0.3) is 0 Å². The molecule has 4 nitrogen and oxygen atoms in total. The summed E-state index contributed by atoms with van der Waals surface area (Å²) in [6.45, 7) is -1.39. The van der Waals surface area contributed by atoms with Crippen LogP contribution in [0.5, 0.6) is 0 Å². The molecule has 1 aromatic heterocycles. The van der Waals surface area contributed by atoms with Crippen molar-refractivity contribution in [3.8, 4) is 0 Å². The van der Waals surface area contributed by atoms with Crippen molar-refractivity contribution in [1.82, 2.24) is 9.78 Å². The lowest BCUT2D eigenvalue weighted by Crippen LogP contribution is -2.31. The Labute approximate surface area is 115 Å². The fourth-order valence-corrected chi connectivity index (χ4v) is 2.22. The molecule has 8 heteroatoms. The second-order valence-corrected chi connectivity index (χ2v) is 5.03. The highest BCUT2D eigenvalue weighted by Gasteiger charge is 2.29. The minimum atomic E-state index is -4.47. The van der Waals surface area contributed by atoms with Gasteiger partial charge in [0.05, 0.1) is 11.9 Å². The Hall–Kier alpha value is -1.31. The van der Waals surface area contributed by atoms with E-state index < -0.39 is 18.3 Å². The molecule has 1 aliphatic rings. The summed E-state index contributed by atoms with van der Waals surface area (Å²) in [6.07, 6.45) is 2.40. The number of hydrogen-bond acceptors (Lipinski definition) is 3. The van der Waals surface area contributed by atoms with Crippen LogP contribution >= 0.6 is 15.9 Å². The number of hydrogen-bond donors (Lipinski definition) is 1. The highest BCUT2D eigenvalue weighted by Crippen LogP contribution is 2.22. The first-order chi connectivity index (χ1) is 8.87. The first-order valence-corrected chi connectivity index (χ1v) is 6.40. The molecule has 0 radical (unpaired) electrons. The normalized spacial score (nSPS) is 16.0. The molecular weight excluding hydrogens is 327 g/mol. The average Bonchev–Trinajstić information content (AvgIpc) is 2.80. The van der Waals surface area contributed by atoms with Crippen LogP contribution in [-0.4, -0.2) is 22.0 Å². The van der Waals surface area contributed by atoms with Crippen LogP contribution in [0.3, 0.4) is 0 Å². The van der Waals surface area contributed by atoms with E-state index in [4.69, 9.17) is 0 Å². The second-order valence-electron chi connectivity index (χ2n) is 4.23. The monoisotopic (exact) mass is 337 g/mol. The molecule has 2 rings (SSSR count). The second kappa shape index (κ2) is 5.36. The summed E-state index contributed by atoms with van der Waals surface area (Å²) < 4.78 is 37.2. The minimum Gasteiger partial charge on any atom is -0.379 e. The first kappa shape index (κ1) is 14.1. The van der Waals surface area contributed by atoms with Gasteiger partial charge in [0, 0.05) is 6.04 Å². The summed E-state index contributed by atoms with van der Waals surface area (Å²) in [4.78, 5) is 11.7. The van der Waals surface area contributed by atoms with Crippen LogP contribution in [0.15, 0.2) is 27.6 Å². The molecule has 1 aliphatic carbocycles. The maximum Gasteiger partial charge on any atom is 0.408 e. The summed E-state index contributed by atoms with van der Waals surface area (Å²) >= 11 is 3.02.